The van der Waals surface area contributed by atoms with Gasteiger partial charge in [0, 0.05) is 12.3 Å². The van der Waals surface area contributed by atoms with E-state index in [1.165, 1.54) is 33.6 Å². The molecule has 0 spiro atoms. The number of nitrogens with zero attached hydrogens (tertiary/aromatic N) is 2. The van der Waals surface area contributed by atoms with Crippen molar-refractivity contribution in [2.45, 2.75) is 6.16 Å². The third-order valence-corrected chi connectivity index (χ3v) is 11.1. The number of aromatic nitrogens is 2. The van der Waals surface area contributed by atoms with Crippen LogP contribution in [0, 0.1) is 0 Å². The van der Waals surface area contributed by atoms with Crippen molar-refractivity contribution in [3.05, 3.63) is 124 Å². The van der Waals surface area contributed by atoms with Gasteiger partial charge in [0.05, 0.1) is 12.8 Å². The number of benzene rings is 3. The summed E-state index contributed by atoms with van der Waals surface area (Å²) in [5, 5.41) is 3.66. The molecule has 176 valence electrons. The molecular weight excluding hydrogens is 499 g/mol. The first-order chi connectivity index (χ1) is 16.6. The van der Waals surface area contributed by atoms with Crippen molar-refractivity contribution in [2.24, 2.45) is 0 Å². The van der Waals surface area contributed by atoms with Crippen LogP contribution >= 0.6 is 18.6 Å². The number of thiazole rings is 1. The van der Waals surface area contributed by atoms with E-state index in [0.717, 1.165) is 11.3 Å². The van der Waals surface area contributed by atoms with Crippen LogP contribution in [0.3, 0.4) is 0 Å². The van der Waals surface area contributed by atoms with Gasteiger partial charge in [0.15, 0.2) is 4.96 Å². The molecule has 0 saturated carbocycles. The first kappa shape index (κ1) is 24.8. The Morgan fingerprint density at radius 3 is 1.83 bits per heavy atom. The molecule has 5 nitrogen and oxygen atoms in total. The summed E-state index contributed by atoms with van der Waals surface area (Å²) in [5.41, 5.74) is 0.492. The second kappa shape index (κ2) is 10.5. The lowest BCUT2D eigenvalue weighted by molar-refractivity contribution is -0.0000214. The standard InChI is InChI=1S/C27H22N2O3PS.ClH/c1-32-26(31)24-18-29-25(30)17-20(28-27(29)34-24)19-33(21-11-5-2-6-12-21,22-13-7-3-8-14-22)23-15-9-4-10-16-23;/h2-18H,19H2,1H3;1H/q+1;/p-1. The fraction of sp³-hybridized carbons (Fsp3) is 0.0741. The summed E-state index contributed by atoms with van der Waals surface area (Å²) < 4.78 is 6.23. The number of hydrogen-bond acceptors (Lipinski definition) is 5. The maximum absolute atomic E-state index is 13.0. The van der Waals surface area contributed by atoms with Crippen LogP contribution in [0.2, 0.25) is 0 Å². The fourth-order valence-corrected chi connectivity index (χ4v) is 9.29. The van der Waals surface area contributed by atoms with Crippen molar-refractivity contribution >= 4 is 45.4 Å². The molecule has 0 bridgehead atoms. The third kappa shape index (κ3) is 4.65. The highest BCUT2D eigenvalue weighted by Crippen LogP contribution is 2.57. The lowest BCUT2D eigenvalue weighted by atomic mass is 10.3. The predicted octanol–water partition coefficient (Wildman–Crippen LogP) is 1.04. The van der Waals surface area contributed by atoms with Crippen molar-refractivity contribution in [1.82, 2.24) is 9.38 Å². The smallest absolute Gasteiger partial charge is 0.349 e. The minimum absolute atomic E-state index is 0. The molecule has 0 unspecified atom stereocenters. The second-order valence-corrected chi connectivity index (χ2v) is 12.3. The molecule has 0 saturated heterocycles. The van der Waals surface area contributed by atoms with E-state index in [-0.39, 0.29) is 18.0 Å². The number of esters is 1. The number of carbonyl (C=O) groups is 1. The number of rotatable bonds is 6. The number of fused-ring (bicyclic) bond motifs is 1. The lowest BCUT2D eigenvalue weighted by Gasteiger charge is -2.27. The van der Waals surface area contributed by atoms with Gasteiger partial charge in [-0.05, 0) is 36.4 Å². The van der Waals surface area contributed by atoms with Gasteiger partial charge in [-0.2, -0.15) is 0 Å². The van der Waals surface area contributed by atoms with E-state index in [1.807, 2.05) is 18.2 Å². The van der Waals surface area contributed by atoms with Crippen molar-refractivity contribution in [2.75, 3.05) is 7.11 Å². The van der Waals surface area contributed by atoms with Gasteiger partial charge in [0.1, 0.15) is 34.2 Å². The Labute approximate surface area is 213 Å². The van der Waals surface area contributed by atoms with E-state index < -0.39 is 13.2 Å². The van der Waals surface area contributed by atoms with E-state index in [9.17, 15) is 9.59 Å². The molecule has 0 atom stereocenters. The largest absolute Gasteiger partial charge is 1.00 e. The topological polar surface area (TPSA) is 60.7 Å². The maximum atomic E-state index is 13.0. The summed E-state index contributed by atoms with van der Waals surface area (Å²) in [6.45, 7) is 0. The van der Waals surface area contributed by atoms with Crippen LogP contribution in [-0.4, -0.2) is 22.5 Å². The highest BCUT2D eigenvalue weighted by Gasteiger charge is 2.46. The number of halogens is 1. The molecule has 2 aromatic heterocycles. The van der Waals surface area contributed by atoms with Gasteiger partial charge < -0.3 is 17.1 Å². The summed E-state index contributed by atoms with van der Waals surface area (Å²) >= 11 is 1.16. The summed E-state index contributed by atoms with van der Waals surface area (Å²) in [7, 11) is -0.863. The van der Waals surface area contributed by atoms with E-state index in [0.29, 0.717) is 21.7 Å². The Hall–Kier alpha value is -3.31. The monoisotopic (exact) mass is 520 g/mol. The van der Waals surface area contributed by atoms with Gasteiger partial charge in [0.2, 0.25) is 0 Å². The van der Waals surface area contributed by atoms with Crippen molar-refractivity contribution in [3.63, 3.8) is 0 Å². The van der Waals surface area contributed by atoms with Gasteiger partial charge in [-0.15, -0.1) is 0 Å². The molecule has 35 heavy (non-hydrogen) atoms. The predicted molar refractivity (Wildman–Crippen MR) is 140 cm³/mol. The summed E-state index contributed by atoms with van der Waals surface area (Å²) in [5.74, 6) is -0.476. The molecule has 0 aliphatic carbocycles. The minimum atomic E-state index is -2.19. The molecule has 5 rings (SSSR count). The zero-order valence-corrected chi connectivity index (χ0v) is 21.3. The molecule has 0 amide bonds. The average molecular weight is 521 g/mol. The van der Waals surface area contributed by atoms with Crippen LogP contribution in [0.25, 0.3) is 4.96 Å². The van der Waals surface area contributed by atoms with Gasteiger partial charge >= 0.3 is 5.97 Å². The number of ether oxygens (including phenoxy) is 1. The van der Waals surface area contributed by atoms with Gasteiger partial charge in [-0.1, -0.05) is 65.9 Å². The Morgan fingerprint density at radius 2 is 1.37 bits per heavy atom. The lowest BCUT2D eigenvalue weighted by Crippen LogP contribution is -3.00. The maximum Gasteiger partial charge on any atom is 0.349 e. The Kier molecular flexibility index (Phi) is 7.46. The molecule has 2 heterocycles. The molecule has 3 aromatic carbocycles. The number of hydrogen-bond donors (Lipinski definition) is 0. The van der Waals surface area contributed by atoms with Crippen LogP contribution in [0.5, 0.6) is 0 Å². The molecule has 0 aliphatic rings. The number of methoxy groups -OCH3 is 1. The Morgan fingerprint density at radius 1 is 0.886 bits per heavy atom. The van der Waals surface area contributed by atoms with Crippen LogP contribution in [0.15, 0.2) is 108 Å². The second-order valence-electron chi connectivity index (χ2n) is 7.80. The highest BCUT2D eigenvalue weighted by molar-refractivity contribution is 7.95. The van der Waals surface area contributed by atoms with Crippen LogP contribution in [0.4, 0.5) is 0 Å². The molecule has 0 fully saturated rings. The Bertz CT molecular complexity index is 1410. The van der Waals surface area contributed by atoms with E-state index >= 15 is 0 Å². The average Bonchev–Trinajstić information content (AvgIpc) is 3.33. The zero-order valence-electron chi connectivity index (χ0n) is 18.9. The number of carbonyl (C=O) groups excluding carboxylic acids is 1. The molecule has 0 radical (unpaired) electrons. The molecule has 5 aromatic rings. The molecular formula is C27H22ClN2O3PS. The first-order valence-corrected chi connectivity index (χ1v) is 13.6. The summed E-state index contributed by atoms with van der Waals surface area (Å²) in [6, 6.07) is 33.0. The summed E-state index contributed by atoms with van der Waals surface area (Å²) in [6.07, 6.45) is 2.08. The van der Waals surface area contributed by atoms with Gasteiger partial charge in [-0.3, -0.25) is 9.20 Å². The highest BCUT2D eigenvalue weighted by atomic mass is 35.5. The van der Waals surface area contributed by atoms with Gasteiger partial charge in [0.25, 0.3) is 5.56 Å². The van der Waals surface area contributed by atoms with Crippen molar-refractivity contribution in [1.29, 1.82) is 0 Å². The molecule has 0 N–H and O–H groups in total. The van der Waals surface area contributed by atoms with Crippen LogP contribution in [-0.2, 0) is 10.9 Å². The van der Waals surface area contributed by atoms with Crippen molar-refractivity contribution in [3.8, 4) is 0 Å². The van der Waals surface area contributed by atoms with Crippen LogP contribution in [0.1, 0.15) is 15.4 Å². The van der Waals surface area contributed by atoms with E-state index in [4.69, 9.17) is 9.72 Å². The zero-order chi connectivity index (χ0) is 23.5. The van der Waals surface area contributed by atoms with Crippen molar-refractivity contribution < 1.29 is 21.9 Å². The van der Waals surface area contributed by atoms with Gasteiger partial charge in [-0.25, -0.2) is 9.78 Å². The van der Waals surface area contributed by atoms with E-state index in [2.05, 4.69) is 72.8 Å². The SMILES string of the molecule is COC(=O)c1cn2c(=O)cc(C[P+](c3ccccc3)(c3ccccc3)c3ccccc3)nc2s1.[Cl-]. The fourth-order valence-electron chi connectivity index (χ4n) is 4.24. The van der Waals surface area contributed by atoms with Crippen LogP contribution < -0.4 is 33.9 Å². The normalized spacial score (nSPS) is 11.1. The molecule has 8 heteroatoms. The van der Waals surface area contributed by atoms with E-state index in [1.54, 1.807) is 6.07 Å². The quantitative estimate of drug-likeness (QED) is 0.248. The Balaban J connectivity index is 0.00000289. The third-order valence-electron chi connectivity index (χ3n) is 5.80. The minimum Gasteiger partial charge on any atom is -1.00 e. The summed E-state index contributed by atoms with van der Waals surface area (Å²) in [4.78, 5) is 30.7. The molecule has 0 aliphatic heterocycles. The first-order valence-electron chi connectivity index (χ1n) is 10.8.